The number of thioether (sulfide) groups is 1. The van der Waals surface area contributed by atoms with E-state index in [0.717, 1.165) is 17.8 Å². The minimum atomic E-state index is -0.673. The zero-order chi connectivity index (χ0) is 24.7. The van der Waals surface area contributed by atoms with Crippen molar-refractivity contribution in [3.05, 3.63) is 70.6 Å². The number of hydrogen-bond donors (Lipinski definition) is 0. The summed E-state index contributed by atoms with van der Waals surface area (Å²) in [5.74, 6) is -2.06. The molecule has 0 atom stereocenters. The molecule has 1 fully saturated rings. The first-order valence-electron chi connectivity index (χ1n) is 10.3. The number of hydrogen-bond acceptors (Lipinski definition) is 9. The number of aliphatic imine (C=N–C) groups is 1. The molecular weight excluding hydrogens is 460 g/mol. The highest BCUT2D eigenvalue weighted by atomic mass is 32.2. The second-order valence-corrected chi connectivity index (χ2v) is 7.71. The molecule has 2 aromatic carbocycles. The van der Waals surface area contributed by atoms with Crippen LogP contribution in [0.1, 0.15) is 34.6 Å². The highest BCUT2D eigenvalue weighted by Crippen LogP contribution is 2.36. The molecule has 1 amide bonds. The number of amides is 1. The Morgan fingerprint density at radius 1 is 0.912 bits per heavy atom. The van der Waals surface area contributed by atoms with Crippen LogP contribution in [0.25, 0.3) is 0 Å². The molecule has 3 rings (SSSR count). The van der Waals surface area contributed by atoms with Crippen LogP contribution in [0.4, 0.5) is 11.4 Å². The first-order valence-corrected chi connectivity index (χ1v) is 11.1. The van der Waals surface area contributed by atoms with Crippen LogP contribution in [0.2, 0.25) is 0 Å². The van der Waals surface area contributed by atoms with Crippen LogP contribution in [-0.4, -0.2) is 49.3 Å². The smallest absolute Gasteiger partial charge is 0.338 e. The molecule has 0 saturated carbocycles. The number of amidine groups is 1. The lowest BCUT2D eigenvalue weighted by Crippen LogP contribution is -2.28. The molecule has 176 valence electrons. The highest BCUT2D eigenvalue weighted by Gasteiger charge is 2.35. The summed E-state index contributed by atoms with van der Waals surface area (Å²) in [7, 11) is 1.22. The minimum Gasteiger partial charge on any atom is -0.466 e. The zero-order valence-corrected chi connectivity index (χ0v) is 19.6. The van der Waals surface area contributed by atoms with Gasteiger partial charge >= 0.3 is 17.9 Å². The summed E-state index contributed by atoms with van der Waals surface area (Å²) in [5, 5.41) is 0.285. The average molecular weight is 483 g/mol. The maximum atomic E-state index is 13.1. The highest BCUT2D eigenvalue weighted by molar-refractivity contribution is 8.19. The number of carbonyl (C=O) groups excluding carboxylic acids is 4. The molecule has 0 N–H and O–H groups in total. The first-order chi connectivity index (χ1) is 16.4. The molecule has 0 aromatic heterocycles. The Hall–Kier alpha value is -3.92. The number of carbonyl (C=O) groups is 4. The molecule has 1 aliphatic rings. The third kappa shape index (κ3) is 5.70. The van der Waals surface area contributed by atoms with Crippen molar-refractivity contribution in [3.8, 4) is 0 Å². The van der Waals surface area contributed by atoms with Gasteiger partial charge in [0.15, 0.2) is 5.17 Å². The summed E-state index contributed by atoms with van der Waals surface area (Å²) >= 11 is 1.00. The molecular formula is C24H22N2O7S. The molecule has 1 saturated heterocycles. The molecule has 0 bridgehead atoms. The fourth-order valence-corrected chi connectivity index (χ4v) is 3.86. The second kappa shape index (κ2) is 11.3. The Balaban J connectivity index is 1.96. The van der Waals surface area contributed by atoms with Crippen LogP contribution in [0.5, 0.6) is 0 Å². The van der Waals surface area contributed by atoms with Gasteiger partial charge in [-0.05, 0) is 74.1 Å². The minimum absolute atomic E-state index is 0.128. The van der Waals surface area contributed by atoms with Crippen molar-refractivity contribution >= 4 is 52.1 Å². The van der Waals surface area contributed by atoms with Gasteiger partial charge in [-0.3, -0.25) is 9.69 Å². The number of rotatable bonds is 7. The Morgan fingerprint density at radius 3 is 1.94 bits per heavy atom. The van der Waals surface area contributed by atoms with Crippen molar-refractivity contribution in [2.24, 2.45) is 4.99 Å². The number of methoxy groups -OCH3 is 1. The Bertz CT molecular complexity index is 1150. The van der Waals surface area contributed by atoms with Gasteiger partial charge in [0.25, 0.3) is 5.91 Å². The fourth-order valence-electron chi connectivity index (χ4n) is 2.90. The Kier molecular flexibility index (Phi) is 8.20. The predicted octanol–water partition coefficient (Wildman–Crippen LogP) is 3.86. The van der Waals surface area contributed by atoms with E-state index in [1.807, 2.05) is 0 Å². The van der Waals surface area contributed by atoms with E-state index in [4.69, 9.17) is 9.47 Å². The lowest BCUT2D eigenvalue weighted by Gasteiger charge is -2.16. The summed E-state index contributed by atoms with van der Waals surface area (Å²) in [4.78, 5) is 54.6. The molecule has 1 aliphatic heterocycles. The van der Waals surface area contributed by atoms with Crippen molar-refractivity contribution in [2.45, 2.75) is 13.8 Å². The summed E-state index contributed by atoms with van der Waals surface area (Å²) in [6.45, 7) is 3.94. The maximum Gasteiger partial charge on any atom is 0.338 e. The van der Waals surface area contributed by atoms with Crippen molar-refractivity contribution in [1.82, 2.24) is 0 Å². The van der Waals surface area contributed by atoms with Crippen LogP contribution >= 0.6 is 11.8 Å². The monoisotopic (exact) mass is 482 g/mol. The molecule has 0 radical (unpaired) electrons. The first kappa shape index (κ1) is 24.7. The predicted molar refractivity (Wildman–Crippen MR) is 127 cm³/mol. The topological polar surface area (TPSA) is 112 Å². The summed E-state index contributed by atoms with van der Waals surface area (Å²) in [5.41, 5.74) is 1.64. The molecule has 34 heavy (non-hydrogen) atoms. The van der Waals surface area contributed by atoms with Crippen LogP contribution < -0.4 is 4.90 Å². The molecule has 10 heteroatoms. The van der Waals surface area contributed by atoms with E-state index >= 15 is 0 Å². The standard InChI is InChI=1S/C24H22N2O7S/c1-4-32-22(29)15-6-10-17(11-7-15)25-24-26(21(28)19(34-24)14-20(27)31-3)18-12-8-16(9-13-18)23(30)33-5-2/h6-14H,4-5H2,1-3H3/b19-14-,25-24?. The zero-order valence-electron chi connectivity index (χ0n) is 18.8. The molecule has 9 nitrogen and oxygen atoms in total. The van der Waals surface area contributed by atoms with Crippen LogP contribution in [-0.2, 0) is 23.8 Å². The van der Waals surface area contributed by atoms with Gasteiger partial charge in [-0.2, -0.15) is 0 Å². The summed E-state index contributed by atoms with van der Waals surface area (Å²) in [6.07, 6.45) is 1.10. The van der Waals surface area contributed by atoms with E-state index in [-0.39, 0.29) is 23.3 Å². The van der Waals surface area contributed by atoms with E-state index in [1.165, 1.54) is 12.0 Å². The van der Waals surface area contributed by atoms with Crippen LogP contribution in [0, 0.1) is 0 Å². The van der Waals surface area contributed by atoms with E-state index in [9.17, 15) is 19.2 Å². The van der Waals surface area contributed by atoms with Gasteiger partial charge in [-0.1, -0.05) is 0 Å². The summed E-state index contributed by atoms with van der Waals surface area (Å²) < 4.78 is 14.6. The molecule has 2 aromatic rings. The number of benzene rings is 2. The second-order valence-electron chi connectivity index (χ2n) is 6.70. The molecule has 0 aliphatic carbocycles. The van der Waals surface area contributed by atoms with Gasteiger partial charge in [0.2, 0.25) is 0 Å². The van der Waals surface area contributed by atoms with Crippen molar-refractivity contribution in [3.63, 3.8) is 0 Å². The van der Waals surface area contributed by atoms with E-state index in [0.29, 0.717) is 22.5 Å². The third-order valence-corrected chi connectivity index (χ3v) is 5.47. The van der Waals surface area contributed by atoms with Gasteiger partial charge in [-0.15, -0.1) is 0 Å². The SMILES string of the molecule is CCOC(=O)c1ccc(N=C2S/C(=C\C(=O)OC)C(=O)N2c2ccc(C(=O)OCC)cc2)cc1. The molecule has 0 spiro atoms. The van der Waals surface area contributed by atoms with Gasteiger partial charge in [-0.25, -0.2) is 19.4 Å². The van der Waals surface area contributed by atoms with Gasteiger partial charge in [0.05, 0.1) is 47.7 Å². The van der Waals surface area contributed by atoms with E-state index in [1.54, 1.807) is 62.4 Å². The van der Waals surface area contributed by atoms with E-state index < -0.39 is 23.8 Å². The largest absolute Gasteiger partial charge is 0.466 e. The molecule has 0 unspecified atom stereocenters. The lowest BCUT2D eigenvalue weighted by molar-refractivity contribution is -0.135. The van der Waals surface area contributed by atoms with Gasteiger partial charge in [0, 0.05) is 6.08 Å². The summed E-state index contributed by atoms with van der Waals surface area (Å²) in [6, 6.07) is 12.6. The maximum absolute atomic E-state index is 13.1. The van der Waals surface area contributed by atoms with Crippen LogP contribution in [0.15, 0.2) is 64.5 Å². The van der Waals surface area contributed by atoms with Gasteiger partial charge < -0.3 is 14.2 Å². The number of nitrogens with zero attached hydrogens (tertiary/aromatic N) is 2. The van der Waals surface area contributed by atoms with E-state index in [2.05, 4.69) is 9.73 Å². The normalized spacial score (nSPS) is 15.5. The van der Waals surface area contributed by atoms with Crippen molar-refractivity contribution < 1.29 is 33.4 Å². The Morgan fingerprint density at radius 2 is 1.44 bits per heavy atom. The lowest BCUT2D eigenvalue weighted by atomic mass is 10.2. The average Bonchev–Trinajstić information content (AvgIpc) is 3.14. The fraction of sp³-hybridized carbons (Fsp3) is 0.208. The molecule has 1 heterocycles. The Labute approximate surface area is 200 Å². The van der Waals surface area contributed by atoms with Crippen molar-refractivity contribution in [1.29, 1.82) is 0 Å². The van der Waals surface area contributed by atoms with Gasteiger partial charge in [0.1, 0.15) is 0 Å². The third-order valence-electron chi connectivity index (χ3n) is 4.50. The quantitative estimate of drug-likeness (QED) is 0.332. The van der Waals surface area contributed by atoms with Crippen LogP contribution in [0.3, 0.4) is 0 Å². The van der Waals surface area contributed by atoms with Crippen molar-refractivity contribution in [2.75, 3.05) is 25.2 Å². The number of esters is 3. The number of ether oxygens (including phenoxy) is 3. The number of anilines is 1.